The van der Waals surface area contributed by atoms with E-state index in [1.807, 2.05) is 0 Å². The zero-order valence-electron chi connectivity index (χ0n) is 10.2. The Kier molecular flexibility index (Phi) is 3.49. The molecule has 0 bridgehead atoms. The minimum Gasteiger partial charge on any atom is -0.496 e. The molecule has 1 aliphatic rings. The smallest absolute Gasteiger partial charge is 0.125 e. The van der Waals surface area contributed by atoms with Gasteiger partial charge in [0.05, 0.1) is 7.11 Å². The zero-order chi connectivity index (χ0) is 11.5. The lowest BCUT2D eigenvalue weighted by atomic mass is 9.72. The molecule has 0 spiro atoms. The molecule has 0 heterocycles. The summed E-state index contributed by atoms with van der Waals surface area (Å²) in [6.45, 7) is 2.82. The van der Waals surface area contributed by atoms with Crippen molar-refractivity contribution >= 4 is 0 Å². The summed E-state index contributed by atoms with van der Waals surface area (Å²) in [5.41, 5.74) is 8.44. The van der Waals surface area contributed by atoms with Crippen LogP contribution in [-0.2, 0) is 0 Å². The van der Waals surface area contributed by atoms with Crippen molar-refractivity contribution in [2.45, 2.75) is 32.1 Å². The predicted molar refractivity (Wildman–Crippen MR) is 66.9 cm³/mol. The Labute approximate surface area is 97.8 Å². The number of benzene rings is 1. The first-order chi connectivity index (χ1) is 7.77. The highest BCUT2D eigenvalue weighted by Gasteiger charge is 2.29. The average Bonchev–Trinajstić information content (AvgIpc) is 2.22. The predicted octanol–water partition coefficient (Wildman–Crippen LogP) is 2.85. The van der Waals surface area contributed by atoms with Gasteiger partial charge >= 0.3 is 0 Å². The molecule has 1 fully saturated rings. The molecule has 1 aliphatic carbocycles. The molecule has 1 saturated carbocycles. The molecular weight excluding hydrogens is 198 g/mol. The summed E-state index contributed by atoms with van der Waals surface area (Å²) in [6, 6.07) is 6.37. The molecule has 1 aromatic carbocycles. The lowest BCUT2D eigenvalue weighted by Crippen LogP contribution is -2.27. The molecule has 2 heteroatoms. The van der Waals surface area contributed by atoms with Crippen LogP contribution >= 0.6 is 0 Å². The van der Waals surface area contributed by atoms with E-state index in [0.717, 1.165) is 18.2 Å². The van der Waals surface area contributed by atoms with Gasteiger partial charge in [0.2, 0.25) is 0 Å². The van der Waals surface area contributed by atoms with Crippen LogP contribution in [0.15, 0.2) is 18.2 Å². The third-order valence-electron chi connectivity index (χ3n) is 3.82. The second kappa shape index (κ2) is 4.88. The fourth-order valence-corrected chi connectivity index (χ4v) is 2.66. The van der Waals surface area contributed by atoms with E-state index in [-0.39, 0.29) is 0 Å². The number of ether oxygens (including phenoxy) is 1. The van der Waals surface area contributed by atoms with Gasteiger partial charge in [0.25, 0.3) is 0 Å². The monoisotopic (exact) mass is 219 g/mol. The van der Waals surface area contributed by atoms with E-state index in [2.05, 4.69) is 25.1 Å². The maximum Gasteiger partial charge on any atom is 0.125 e. The Morgan fingerprint density at radius 2 is 2.19 bits per heavy atom. The number of hydrogen-bond donors (Lipinski definition) is 1. The molecule has 0 radical (unpaired) electrons. The lowest BCUT2D eigenvalue weighted by Gasteiger charge is -2.34. The van der Waals surface area contributed by atoms with E-state index < -0.39 is 0 Å². The highest BCUT2D eigenvalue weighted by molar-refractivity contribution is 5.43. The maximum atomic E-state index is 5.93. The van der Waals surface area contributed by atoms with E-state index in [4.69, 9.17) is 10.5 Å². The molecule has 1 atom stereocenters. The fraction of sp³-hybridized carbons (Fsp3) is 0.571. The number of hydrogen-bond acceptors (Lipinski definition) is 2. The zero-order valence-corrected chi connectivity index (χ0v) is 10.2. The van der Waals surface area contributed by atoms with E-state index in [9.17, 15) is 0 Å². The highest BCUT2D eigenvalue weighted by Crippen LogP contribution is 2.42. The molecule has 2 N–H and O–H groups in total. The summed E-state index contributed by atoms with van der Waals surface area (Å²) in [7, 11) is 1.75. The maximum absolute atomic E-state index is 5.93. The highest BCUT2D eigenvalue weighted by atomic mass is 16.5. The van der Waals surface area contributed by atoms with Crippen LogP contribution in [0.5, 0.6) is 5.75 Å². The molecule has 1 aromatic rings. The van der Waals surface area contributed by atoms with Crippen molar-refractivity contribution in [3.05, 3.63) is 29.3 Å². The summed E-state index contributed by atoms with van der Waals surface area (Å²) in [6.07, 6.45) is 3.99. The van der Waals surface area contributed by atoms with Gasteiger partial charge in [0, 0.05) is 5.92 Å². The van der Waals surface area contributed by atoms with Gasteiger partial charge in [-0.15, -0.1) is 0 Å². The van der Waals surface area contributed by atoms with E-state index in [1.165, 1.54) is 30.4 Å². The first-order valence-electron chi connectivity index (χ1n) is 6.11. The first kappa shape index (κ1) is 11.5. The van der Waals surface area contributed by atoms with Crippen molar-refractivity contribution in [3.8, 4) is 5.75 Å². The Morgan fingerprint density at radius 1 is 1.44 bits per heavy atom. The topological polar surface area (TPSA) is 35.2 Å². The normalized spacial score (nSPS) is 17.9. The van der Waals surface area contributed by atoms with Crippen LogP contribution in [0, 0.1) is 12.8 Å². The first-order valence-corrected chi connectivity index (χ1v) is 6.11. The summed E-state index contributed by atoms with van der Waals surface area (Å²) >= 11 is 0. The summed E-state index contributed by atoms with van der Waals surface area (Å²) in [5, 5.41) is 0. The third kappa shape index (κ3) is 1.94. The molecule has 16 heavy (non-hydrogen) atoms. The lowest BCUT2D eigenvalue weighted by molar-refractivity contribution is 0.259. The van der Waals surface area contributed by atoms with Crippen LogP contribution in [0.4, 0.5) is 0 Å². The minimum atomic E-state index is 0.476. The van der Waals surface area contributed by atoms with Crippen molar-refractivity contribution < 1.29 is 4.74 Å². The average molecular weight is 219 g/mol. The Morgan fingerprint density at radius 3 is 2.69 bits per heavy atom. The second-order valence-electron chi connectivity index (χ2n) is 4.73. The molecule has 0 saturated heterocycles. The van der Waals surface area contributed by atoms with Crippen LogP contribution in [0.1, 0.15) is 36.3 Å². The quantitative estimate of drug-likeness (QED) is 0.845. The molecule has 0 aromatic heterocycles. The van der Waals surface area contributed by atoms with Crippen LogP contribution < -0.4 is 10.5 Å². The van der Waals surface area contributed by atoms with Gasteiger partial charge in [-0.05, 0) is 43.4 Å². The van der Waals surface area contributed by atoms with Gasteiger partial charge in [0.15, 0.2) is 0 Å². The van der Waals surface area contributed by atoms with Crippen molar-refractivity contribution in [1.29, 1.82) is 0 Å². The number of aryl methyl sites for hydroxylation is 1. The Balaban J connectivity index is 2.32. The number of nitrogens with two attached hydrogens (primary N) is 1. The second-order valence-corrected chi connectivity index (χ2v) is 4.73. The SMILES string of the molecule is COc1c(C)cccc1C(CN)C1CCC1. The molecule has 2 nitrogen and oxygen atoms in total. The van der Waals surface area contributed by atoms with E-state index in [1.54, 1.807) is 7.11 Å². The third-order valence-corrected chi connectivity index (χ3v) is 3.82. The van der Waals surface area contributed by atoms with Gasteiger partial charge < -0.3 is 10.5 Å². The molecule has 1 unspecified atom stereocenters. The molecule has 0 amide bonds. The van der Waals surface area contributed by atoms with Gasteiger partial charge in [-0.3, -0.25) is 0 Å². The largest absolute Gasteiger partial charge is 0.496 e. The molecule has 88 valence electrons. The molecule has 0 aliphatic heterocycles. The summed E-state index contributed by atoms with van der Waals surface area (Å²) < 4.78 is 5.52. The van der Waals surface area contributed by atoms with Crippen LogP contribution in [-0.4, -0.2) is 13.7 Å². The molecular formula is C14H21NO. The Bertz CT molecular complexity index is 358. The number of methoxy groups -OCH3 is 1. The van der Waals surface area contributed by atoms with Gasteiger partial charge in [-0.2, -0.15) is 0 Å². The number of rotatable bonds is 4. The standard InChI is InChI=1S/C14H21NO/c1-10-5-3-8-12(14(10)16-2)13(9-15)11-6-4-7-11/h3,5,8,11,13H,4,6-7,9,15H2,1-2H3. The van der Waals surface area contributed by atoms with Gasteiger partial charge in [0.1, 0.15) is 5.75 Å². The van der Waals surface area contributed by atoms with E-state index >= 15 is 0 Å². The van der Waals surface area contributed by atoms with Crippen molar-refractivity contribution in [2.24, 2.45) is 11.7 Å². The van der Waals surface area contributed by atoms with Gasteiger partial charge in [-0.1, -0.05) is 24.6 Å². The van der Waals surface area contributed by atoms with Crippen LogP contribution in [0.2, 0.25) is 0 Å². The molecule has 2 rings (SSSR count). The summed E-state index contributed by atoms with van der Waals surface area (Å²) in [4.78, 5) is 0. The van der Waals surface area contributed by atoms with Crippen LogP contribution in [0.25, 0.3) is 0 Å². The summed E-state index contributed by atoms with van der Waals surface area (Å²) in [5.74, 6) is 2.27. The van der Waals surface area contributed by atoms with Crippen molar-refractivity contribution in [3.63, 3.8) is 0 Å². The number of para-hydroxylation sites is 1. The van der Waals surface area contributed by atoms with Crippen LogP contribution in [0.3, 0.4) is 0 Å². The van der Waals surface area contributed by atoms with Gasteiger partial charge in [-0.25, -0.2) is 0 Å². The minimum absolute atomic E-state index is 0.476. The fourth-order valence-electron chi connectivity index (χ4n) is 2.66. The van der Waals surface area contributed by atoms with Crippen molar-refractivity contribution in [1.82, 2.24) is 0 Å². The van der Waals surface area contributed by atoms with Crippen molar-refractivity contribution in [2.75, 3.05) is 13.7 Å². The Hall–Kier alpha value is -1.02. The van der Waals surface area contributed by atoms with E-state index in [0.29, 0.717) is 5.92 Å².